The average molecular weight is 483 g/mol. The molecular formula is C30H30N2O4. The van der Waals surface area contributed by atoms with Crippen molar-refractivity contribution >= 4 is 23.1 Å². The van der Waals surface area contributed by atoms with Crippen LogP contribution in [-0.4, -0.2) is 25.9 Å². The highest BCUT2D eigenvalue weighted by Gasteiger charge is 2.44. The van der Waals surface area contributed by atoms with Crippen LogP contribution in [0, 0.1) is 5.41 Å². The number of ether oxygens (including phenoxy) is 2. The molecule has 3 aromatic carbocycles. The molecule has 36 heavy (non-hydrogen) atoms. The Bertz CT molecular complexity index is 1360. The van der Waals surface area contributed by atoms with Crippen molar-refractivity contribution in [3.05, 3.63) is 95.2 Å². The standard InChI is InChI=1S/C30H30N2O4/c1-30(2)17-22-26(24(33)18-30)27(20-13-10-16-25(35-3)28(20)36-4)32(23-15-9-8-14-21(23)31-22)29(34)19-11-6-5-7-12-19/h5-16,27,31H,17-18H2,1-4H3. The summed E-state index contributed by atoms with van der Waals surface area (Å²) in [6, 6.07) is 21.7. The van der Waals surface area contributed by atoms with Crippen LogP contribution < -0.4 is 19.7 Å². The number of carbonyl (C=O) groups is 2. The molecule has 1 unspecified atom stereocenters. The van der Waals surface area contributed by atoms with E-state index < -0.39 is 6.04 Å². The van der Waals surface area contributed by atoms with Crippen molar-refractivity contribution in [1.29, 1.82) is 0 Å². The Balaban J connectivity index is 1.84. The maximum atomic E-state index is 14.3. The normalized spacial score (nSPS) is 18.5. The number of fused-ring (bicyclic) bond motifs is 1. The summed E-state index contributed by atoms with van der Waals surface area (Å²) in [4.78, 5) is 29.9. The van der Waals surface area contributed by atoms with Crippen LogP contribution in [0.1, 0.15) is 48.7 Å². The summed E-state index contributed by atoms with van der Waals surface area (Å²) in [7, 11) is 3.16. The molecule has 0 radical (unpaired) electrons. The first-order chi connectivity index (χ1) is 17.3. The zero-order chi connectivity index (χ0) is 25.4. The van der Waals surface area contributed by atoms with Crippen molar-refractivity contribution in [3.8, 4) is 11.5 Å². The maximum Gasteiger partial charge on any atom is 0.259 e. The SMILES string of the molecule is COc1cccc(C2C3=C(CC(C)(C)CC3=O)Nc3ccccc3N2C(=O)c2ccccc2)c1OC. The van der Waals surface area contributed by atoms with Gasteiger partial charge in [0.15, 0.2) is 17.3 Å². The Hall–Kier alpha value is -4.06. The number of ketones is 1. The van der Waals surface area contributed by atoms with Crippen LogP contribution in [0.4, 0.5) is 11.4 Å². The number of Topliss-reactive ketones (excluding diaryl/α,β-unsaturated/α-hetero) is 1. The molecule has 0 bridgehead atoms. The van der Waals surface area contributed by atoms with E-state index >= 15 is 0 Å². The predicted octanol–water partition coefficient (Wildman–Crippen LogP) is 6.16. The van der Waals surface area contributed by atoms with Gasteiger partial charge in [-0.3, -0.25) is 14.5 Å². The van der Waals surface area contributed by atoms with Crippen LogP contribution in [0.15, 0.2) is 84.1 Å². The molecule has 184 valence electrons. The van der Waals surface area contributed by atoms with Gasteiger partial charge in [0.2, 0.25) is 0 Å². The van der Waals surface area contributed by atoms with Crippen LogP contribution in [0.5, 0.6) is 11.5 Å². The number of para-hydroxylation sites is 3. The van der Waals surface area contributed by atoms with E-state index in [1.54, 1.807) is 31.3 Å². The topological polar surface area (TPSA) is 67.9 Å². The Labute approximate surface area is 211 Å². The minimum atomic E-state index is -0.711. The number of amides is 1. The molecule has 0 saturated heterocycles. The van der Waals surface area contributed by atoms with E-state index in [1.807, 2.05) is 60.7 Å². The van der Waals surface area contributed by atoms with Crippen molar-refractivity contribution in [3.63, 3.8) is 0 Å². The van der Waals surface area contributed by atoms with Gasteiger partial charge < -0.3 is 14.8 Å². The molecular weight excluding hydrogens is 452 g/mol. The van der Waals surface area contributed by atoms with E-state index in [2.05, 4.69) is 19.2 Å². The van der Waals surface area contributed by atoms with Gasteiger partial charge >= 0.3 is 0 Å². The molecule has 1 atom stereocenters. The van der Waals surface area contributed by atoms with E-state index in [0.717, 1.165) is 11.4 Å². The van der Waals surface area contributed by atoms with Gasteiger partial charge in [-0.05, 0) is 42.2 Å². The number of anilines is 2. The molecule has 1 amide bonds. The third-order valence-corrected chi connectivity index (χ3v) is 6.87. The fourth-order valence-electron chi connectivity index (χ4n) is 5.35. The molecule has 0 aromatic heterocycles. The summed E-state index contributed by atoms with van der Waals surface area (Å²) in [6.45, 7) is 4.20. The Morgan fingerprint density at radius 1 is 0.917 bits per heavy atom. The second-order valence-electron chi connectivity index (χ2n) is 10.0. The van der Waals surface area contributed by atoms with Crippen molar-refractivity contribution in [2.24, 2.45) is 5.41 Å². The fraction of sp³-hybridized carbons (Fsp3) is 0.267. The number of allylic oxidation sites excluding steroid dienone is 1. The lowest BCUT2D eigenvalue weighted by molar-refractivity contribution is -0.118. The number of benzene rings is 3. The monoisotopic (exact) mass is 482 g/mol. The Morgan fingerprint density at radius 3 is 2.36 bits per heavy atom. The molecule has 1 N–H and O–H groups in total. The van der Waals surface area contributed by atoms with E-state index in [0.29, 0.717) is 46.7 Å². The van der Waals surface area contributed by atoms with Gasteiger partial charge in [0.25, 0.3) is 5.91 Å². The van der Waals surface area contributed by atoms with Gasteiger partial charge in [-0.1, -0.05) is 56.3 Å². The Kier molecular flexibility index (Phi) is 6.04. The molecule has 6 nitrogen and oxygen atoms in total. The van der Waals surface area contributed by atoms with Crippen molar-refractivity contribution in [2.45, 2.75) is 32.7 Å². The third kappa shape index (κ3) is 4.02. The highest BCUT2D eigenvalue weighted by atomic mass is 16.5. The minimum absolute atomic E-state index is 0.0160. The summed E-state index contributed by atoms with van der Waals surface area (Å²) in [5.74, 6) is 0.853. The van der Waals surface area contributed by atoms with Gasteiger partial charge in [0, 0.05) is 28.8 Å². The molecule has 1 aliphatic heterocycles. The second-order valence-corrected chi connectivity index (χ2v) is 10.0. The van der Waals surface area contributed by atoms with Crippen molar-refractivity contribution in [1.82, 2.24) is 0 Å². The van der Waals surface area contributed by atoms with Gasteiger partial charge in [-0.25, -0.2) is 0 Å². The quantitative estimate of drug-likeness (QED) is 0.482. The molecule has 1 aliphatic carbocycles. The van der Waals surface area contributed by atoms with Crippen molar-refractivity contribution < 1.29 is 19.1 Å². The number of nitrogens with one attached hydrogen (secondary N) is 1. The highest BCUT2D eigenvalue weighted by Crippen LogP contribution is 2.51. The second kappa shape index (κ2) is 9.19. The summed E-state index contributed by atoms with van der Waals surface area (Å²) in [5.41, 5.74) is 3.92. The lowest BCUT2D eigenvalue weighted by Gasteiger charge is -2.37. The Morgan fingerprint density at radius 2 is 1.64 bits per heavy atom. The van der Waals surface area contributed by atoms with E-state index in [-0.39, 0.29) is 17.1 Å². The van der Waals surface area contributed by atoms with Crippen LogP contribution >= 0.6 is 0 Å². The minimum Gasteiger partial charge on any atom is -0.493 e. The van der Waals surface area contributed by atoms with Crippen LogP contribution in [0.25, 0.3) is 0 Å². The first-order valence-corrected chi connectivity index (χ1v) is 12.1. The summed E-state index contributed by atoms with van der Waals surface area (Å²) >= 11 is 0. The average Bonchev–Trinajstić information content (AvgIpc) is 3.01. The summed E-state index contributed by atoms with van der Waals surface area (Å²) in [5, 5.41) is 3.54. The highest BCUT2D eigenvalue weighted by molar-refractivity contribution is 6.12. The molecule has 0 saturated carbocycles. The molecule has 3 aromatic rings. The number of nitrogens with zero attached hydrogens (tertiary/aromatic N) is 1. The maximum absolute atomic E-state index is 14.3. The number of rotatable bonds is 4. The zero-order valence-corrected chi connectivity index (χ0v) is 21.0. The number of carbonyl (C=O) groups excluding carboxylic acids is 2. The first-order valence-electron chi connectivity index (χ1n) is 12.1. The first kappa shape index (κ1) is 23.7. The van der Waals surface area contributed by atoms with Gasteiger partial charge in [-0.15, -0.1) is 0 Å². The summed E-state index contributed by atoms with van der Waals surface area (Å²) in [6.07, 6.45) is 1.07. The zero-order valence-electron chi connectivity index (χ0n) is 21.0. The molecule has 6 heteroatoms. The van der Waals surface area contributed by atoms with Crippen LogP contribution in [0.2, 0.25) is 0 Å². The molecule has 0 fully saturated rings. The molecule has 1 heterocycles. The number of methoxy groups -OCH3 is 2. The lowest BCUT2D eigenvalue weighted by atomic mass is 9.73. The molecule has 0 spiro atoms. The fourth-order valence-corrected chi connectivity index (χ4v) is 5.35. The van der Waals surface area contributed by atoms with Gasteiger partial charge in [0.05, 0.1) is 31.6 Å². The van der Waals surface area contributed by atoms with Crippen molar-refractivity contribution in [2.75, 3.05) is 24.4 Å². The lowest BCUT2D eigenvalue weighted by Crippen LogP contribution is -2.39. The summed E-state index contributed by atoms with van der Waals surface area (Å²) < 4.78 is 11.4. The largest absolute Gasteiger partial charge is 0.493 e. The molecule has 5 rings (SSSR count). The van der Waals surface area contributed by atoms with Gasteiger partial charge in [-0.2, -0.15) is 0 Å². The number of hydrogen-bond donors (Lipinski definition) is 1. The van der Waals surface area contributed by atoms with E-state index in [4.69, 9.17) is 9.47 Å². The predicted molar refractivity (Wildman–Crippen MR) is 141 cm³/mol. The van der Waals surface area contributed by atoms with Gasteiger partial charge in [0.1, 0.15) is 0 Å². The molecule has 2 aliphatic rings. The van der Waals surface area contributed by atoms with E-state index in [1.165, 1.54) is 0 Å². The van der Waals surface area contributed by atoms with Crippen LogP contribution in [0.3, 0.4) is 0 Å². The van der Waals surface area contributed by atoms with E-state index in [9.17, 15) is 9.59 Å². The number of hydrogen-bond acceptors (Lipinski definition) is 5. The smallest absolute Gasteiger partial charge is 0.259 e. The van der Waals surface area contributed by atoms with Crippen LogP contribution in [-0.2, 0) is 4.79 Å². The third-order valence-electron chi connectivity index (χ3n) is 6.87.